The molecular formula is C18H23N3O2S2. The summed E-state index contributed by atoms with van der Waals surface area (Å²) in [5, 5.41) is 11.2. The topological polar surface area (TPSA) is 64.1 Å². The van der Waals surface area contributed by atoms with Crippen LogP contribution in [0.1, 0.15) is 37.8 Å². The minimum absolute atomic E-state index is 0.243. The molecule has 1 N–H and O–H groups in total. The van der Waals surface area contributed by atoms with Crippen LogP contribution in [-0.4, -0.2) is 28.0 Å². The number of nitrogens with one attached hydrogen (secondary N) is 1. The third kappa shape index (κ3) is 5.57. The molecule has 1 unspecified atom stereocenters. The average molecular weight is 378 g/mol. The first-order valence-electron chi connectivity index (χ1n) is 8.06. The lowest BCUT2D eigenvalue weighted by molar-refractivity contribution is -0.122. The van der Waals surface area contributed by atoms with Crippen LogP contribution in [0, 0.1) is 6.92 Å². The number of aryl methyl sites for hydroxylation is 1. The van der Waals surface area contributed by atoms with Crippen molar-refractivity contribution in [3.8, 4) is 5.75 Å². The van der Waals surface area contributed by atoms with Crippen LogP contribution in [0.2, 0.25) is 0 Å². The van der Waals surface area contributed by atoms with E-state index in [4.69, 9.17) is 4.74 Å². The molecule has 0 saturated heterocycles. The zero-order valence-corrected chi connectivity index (χ0v) is 16.5. The van der Waals surface area contributed by atoms with Crippen molar-refractivity contribution in [3.05, 3.63) is 42.0 Å². The Morgan fingerprint density at radius 3 is 2.84 bits per heavy atom. The standard InChI is InChI=1S/C18H23N3O2S2/c1-6-9-24-18-21-20-17(25-18)19-16(22)13(5)23-15-10-12(4)7-8-14(15)11(2)3/h6-8,10-11,13H,1,9H2,2-5H3,(H,19,20,22). The van der Waals surface area contributed by atoms with Gasteiger partial charge in [-0.1, -0.05) is 55.2 Å². The number of thioether (sulfide) groups is 1. The minimum Gasteiger partial charge on any atom is -0.481 e. The number of ether oxygens (including phenoxy) is 1. The van der Waals surface area contributed by atoms with E-state index in [9.17, 15) is 4.79 Å². The van der Waals surface area contributed by atoms with Gasteiger partial charge in [0, 0.05) is 5.75 Å². The number of amides is 1. The van der Waals surface area contributed by atoms with E-state index >= 15 is 0 Å². The van der Waals surface area contributed by atoms with Gasteiger partial charge in [0.1, 0.15) is 5.75 Å². The van der Waals surface area contributed by atoms with Crippen molar-refractivity contribution in [2.24, 2.45) is 0 Å². The molecule has 2 aromatic rings. The average Bonchev–Trinajstić information content (AvgIpc) is 3.00. The fourth-order valence-corrected chi connectivity index (χ4v) is 3.64. The van der Waals surface area contributed by atoms with Gasteiger partial charge in [-0.25, -0.2) is 0 Å². The fraction of sp³-hybridized carbons (Fsp3) is 0.389. The van der Waals surface area contributed by atoms with Crippen LogP contribution in [0.5, 0.6) is 5.75 Å². The molecule has 1 heterocycles. The highest BCUT2D eigenvalue weighted by molar-refractivity contribution is 8.01. The van der Waals surface area contributed by atoms with Gasteiger partial charge >= 0.3 is 0 Å². The van der Waals surface area contributed by atoms with Crippen molar-refractivity contribution in [3.63, 3.8) is 0 Å². The van der Waals surface area contributed by atoms with Crippen LogP contribution in [0.4, 0.5) is 5.13 Å². The lowest BCUT2D eigenvalue weighted by Gasteiger charge is -2.18. The van der Waals surface area contributed by atoms with Gasteiger partial charge in [-0.15, -0.1) is 16.8 Å². The molecule has 7 heteroatoms. The van der Waals surface area contributed by atoms with E-state index in [2.05, 4.69) is 42.0 Å². The van der Waals surface area contributed by atoms with Crippen LogP contribution in [-0.2, 0) is 4.79 Å². The van der Waals surface area contributed by atoms with Crippen molar-refractivity contribution >= 4 is 34.1 Å². The number of benzene rings is 1. The van der Waals surface area contributed by atoms with Crippen molar-refractivity contribution in [2.45, 2.75) is 44.1 Å². The fourth-order valence-electron chi connectivity index (χ4n) is 2.12. The molecule has 1 amide bonds. The third-order valence-corrected chi connectivity index (χ3v) is 5.39. The van der Waals surface area contributed by atoms with Gasteiger partial charge in [0.25, 0.3) is 5.91 Å². The number of anilines is 1. The molecule has 0 fully saturated rings. The van der Waals surface area contributed by atoms with Crippen LogP contribution in [0.15, 0.2) is 35.2 Å². The van der Waals surface area contributed by atoms with E-state index < -0.39 is 6.10 Å². The Morgan fingerprint density at radius 2 is 2.16 bits per heavy atom. The summed E-state index contributed by atoms with van der Waals surface area (Å²) >= 11 is 2.87. The first-order valence-corrected chi connectivity index (χ1v) is 9.86. The summed E-state index contributed by atoms with van der Waals surface area (Å²) in [4.78, 5) is 12.4. The molecule has 1 atom stereocenters. The second kappa shape index (κ2) is 9.01. The van der Waals surface area contributed by atoms with Crippen LogP contribution in [0.3, 0.4) is 0 Å². The highest BCUT2D eigenvalue weighted by Crippen LogP contribution is 2.29. The highest BCUT2D eigenvalue weighted by atomic mass is 32.2. The zero-order chi connectivity index (χ0) is 18.4. The van der Waals surface area contributed by atoms with E-state index in [-0.39, 0.29) is 5.91 Å². The Labute approximate surface area is 156 Å². The Hall–Kier alpha value is -1.86. The molecule has 0 spiro atoms. The lowest BCUT2D eigenvalue weighted by atomic mass is 10.0. The highest BCUT2D eigenvalue weighted by Gasteiger charge is 2.19. The summed E-state index contributed by atoms with van der Waals surface area (Å²) in [5.41, 5.74) is 2.18. The first kappa shape index (κ1) is 19.5. The van der Waals surface area contributed by atoms with E-state index in [0.29, 0.717) is 11.0 Å². The molecular weight excluding hydrogens is 354 g/mol. The minimum atomic E-state index is -0.632. The van der Waals surface area contributed by atoms with Gasteiger partial charge in [-0.2, -0.15) is 0 Å². The second-order valence-corrected chi connectivity index (χ2v) is 8.16. The number of hydrogen-bond acceptors (Lipinski definition) is 6. The number of hydrogen-bond donors (Lipinski definition) is 1. The van der Waals surface area contributed by atoms with Gasteiger partial charge in [-0.3, -0.25) is 10.1 Å². The predicted molar refractivity (Wildman–Crippen MR) is 105 cm³/mol. The van der Waals surface area contributed by atoms with Crippen LogP contribution in [0.25, 0.3) is 0 Å². The maximum Gasteiger partial charge on any atom is 0.266 e. The molecule has 0 radical (unpaired) electrons. The summed E-state index contributed by atoms with van der Waals surface area (Å²) in [6.07, 6.45) is 1.17. The van der Waals surface area contributed by atoms with Gasteiger partial charge in [0.15, 0.2) is 10.4 Å². The number of carbonyl (C=O) groups is 1. The summed E-state index contributed by atoms with van der Waals surface area (Å²) in [5.74, 6) is 1.58. The molecule has 0 saturated carbocycles. The maximum atomic E-state index is 12.4. The predicted octanol–water partition coefficient (Wildman–Crippen LogP) is 4.65. The third-order valence-electron chi connectivity index (χ3n) is 3.43. The summed E-state index contributed by atoms with van der Waals surface area (Å²) in [6, 6.07) is 6.07. The Balaban J connectivity index is 2.02. The first-order chi connectivity index (χ1) is 11.9. The number of carbonyl (C=O) groups excluding carboxylic acids is 1. The quantitative estimate of drug-likeness (QED) is 0.412. The van der Waals surface area contributed by atoms with Crippen molar-refractivity contribution in [1.29, 1.82) is 0 Å². The molecule has 1 aromatic heterocycles. The SMILES string of the molecule is C=CCSc1nnc(NC(=O)C(C)Oc2cc(C)ccc2C(C)C)s1. The van der Waals surface area contributed by atoms with Crippen LogP contribution < -0.4 is 10.1 Å². The maximum absolute atomic E-state index is 12.4. The lowest BCUT2D eigenvalue weighted by Crippen LogP contribution is -2.30. The van der Waals surface area contributed by atoms with Crippen LogP contribution >= 0.6 is 23.1 Å². The van der Waals surface area contributed by atoms with Gasteiger partial charge in [0.05, 0.1) is 0 Å². The van der Waals surface area contributed by atoms with Crippen molar-refractivity contribution in [2.75, 3.05) is 11.1 Å². The molecule has 0 bridgehead atoms. The molecule has 0 aliphatic carbocycles. The molecule has 134 valence electrons. The number of rotatable bonds is 8. The Morgan fingerprint density at radius 1 is 1.40 bits per heavy atom. The smallest absolute Gasteiger partial charge is 0.266 e. The van der Waals surface area contributed by atoms with Gasteiger partial charge < -0.3 is 4.74 Å². The molecule has 25 heavy (non-hydrogen) atoms. The van der Waals surface area contributed by atoms with Gasteiger partial charge in [-0.05, 0) is 37.0 Å². The molecule has 5 nitrogen and oxygen atoms in total. The Bertz CT molecular complexity index is 744. The Kier molecular flexibility index (Phi) is 7.01. The second-order valence-electron chi connectivity index (χ2n) is 5.92. The molecule has 1 aromatic carbocycles. The number of nitrogens with zero attached hydrogens (tertiary/aromatic N) is 2. The molecule has 2 rings (SSSR count). The van der Waals surface area contributed by atoms with Gasteiger partial charge in [0.2, 0.25) is 5.13 Å². The van der Waals surface area contributed by atoms with E-state index in [1.165, 1.54) is 23.1 Å². The monoisotopic (exact) mass is 377 g/mol. The molecule has 0 aliphatic heterocycles. The van der Waals surface area contributed by atoms with Crippen molar-refractivity contribution in [1.82, 2.24) is 10.2 Å². The zero-order valence-electron chi connectivity index (χ0n) is 14.9. The summed E-state index contributed by atoms with van der Waals surface area (Å²) in [6.45, 7) is 11.6. The molecule has 0 aliphatic rings. The van der Waals surface area contributed by atoms with E-state index in [1.807, 2.05) is 19.1 Å². The number of aromatic nitrogens is 2. The largest absolute Gasteiger partial charge is 0.481 e. The van der Waals surface area contributed by atoms with Crippen molar-refractivity contribution < 1.29 is 9.53 Å². The normalized spacial score (nSPS) is 12.0. The summed E-state index contributed by atoms with van der Waals surface area (Å²) in [7, 11) is 0. The van der Waals surface area contributed by atoms with E-state index in [1.54, 1.807) is 13.0 Å². The summed E-state index contributed by atoms with van der Waals surface area (Å²) < 4.78 is 6.72. The van der Waals surface area contributed by atoms with E-state index in [0.717, 1.165) is 27.0 Å².